The molecule has 1 aliphatic rings. The molecule has 0 radical (unpaired) electrons. The number of halogens is 1. The minimum Gasteiger partial charge on any atom is -0.383 e. The summed E-state index contributed by atoms with van der Waals surface area (Å²) in [5.74, 6) is 0.795. The zero-order chi connectivity index (χ0) is 19.9. The van der Waals surface area contributed by atoms with E-state index in [1.807, 2.05) is 28.9 Å². The fraction of sp³-hybridized carbons (Fsp3) is 0.500. The molecule has 0 saturated carbocycles. The topological polar surface area (TPSA) is 78.4 Å². The highest BCUT2D eigenvalue weighted by Gasteiger charge is 2.19. The summed E-state index contributed by atoms with van der Waals surface area (Å²) in [4.78, 5) is 20.9. The van der Waals surface area contributed by atoms with E-state index in [9.17, 15) is 4.79 Å². The minimum absolute atomic E-state index is 0.0411. The molecule has 0 unspecified atom stereocenters. The second-order valence-corrected chi connectivity index (χ2v) is 7.86. The molecule has 1 aromatic carbocycles. The van der Waals surface area contributed by atoms with Crippen LogP contribution in [0.1, 0.15) is 0 Å². The van der Waals surface area contributed by atoms with Crippen molar-refractivity contribution in [3.8, 4) is 11.4 Å². The number of carbonyl (C=O) groups is 1. The number of carbonyl (C=O) groups excluding carboxylic acids is 1. The van der Waals surface area contributed by atoms with Crippen molar-refractivity contribution < 1.29 is 9.53 Å². The smallest absolute Gasteiger partial charge is 0.234 e. The van der Waals surface area contributed by atoms with E-state index in [1.54, 1.807) is 7.11 Å². The van der Waals surface area contributed by atoms with Gasteiger partial charge in [-0.1, -0.05) is 34.1 Å². The lowest BCUT2D eigenvalue weighted by Crippen LogP contribution is -2.49. The van der Waals surface area contributed by atoms with Gasteiger partial charge in [0.2, 0.25) is 10.7 Å². The van der Waals surface area contributed by atoms with Gasteiger partial charge >= 0.3 is 0 Å². The number of amides is 1. The van der Waals surface area contributed by atoms with Crippen LogP contribution < -0.4 is 5.32 Å². The number of rotatable bonds is 8. The quantitative estimate of drug-likeness (QED) is 0.453. The average Bonchev–Trinajstić information content (AvgIpc) is 3.04. The van der Waals surface area contributed by atoms with Crippen LogP contribution in [-0.4, -0.2) is 83.5 Å². The van der Waals surface area contributed by atoms with Gasteiger partial charge in [-0.05, 0) is 18.3 Å². The molecule has 1 aliphatic heterocycles. The van der Waals surface area contributed by atoms with Crippen LogP contribution in [0.5, 0.6) is 0 Å². The number of aromatic nitrogens is 3. The molecule has 152 valence electrons. The first kappa shape index (κ1) is 21.1. The number of hydrogen-bond acceptors (Lipinski definition) is 6. The van der Waals surface area contributed by atoms with E-state index in [0.29, 0.717) is 31.1 Å². The van der Waals surface area contributed by atoms with Crippen molar-refractivity contribution in [2.24, 2.45) is 0 Å². The van der Waals surface area contributed by atoms with Crippen molar-refractivity contribution in [3.63, 3.8) is 0 Å². The minimum atomic E-state index is 0.0411. The van der Waals surface area contributed by atoms with Gasteiger partial charge in [-0.3, -0.25) is 19.7 Å². The molecule has 1 saturated heterocycles. The Hall–Kier alpha value is -1.59. The normalized spacial score (nSPS) is 15.6. The number of nitrogens with one attached hydrogen (secondary N) is 2. The van der Waals surface area contributed by atoms with Crippen LogP contribution in [0.2, 0.25) is 0 Å². The number of ether oxygens (including phenoxy) is 1. The van der Waals surface area contributed by atoms with Gasteiger partial charge < -0.3 is 10.1 Å². The number of aromatic amines is 1. The number of benzene rings is 1. The number of hydrogen-bond donors (Lipinski definition) is 2. The van der Waals surface area contributed by atoms with E-state index in [-0.39, 0.29) is 5.91 Å². The predicted molar refractivity (Wildman–Crippen MR) is 113 cm³/mol. The van der Waals surface area contributed by atoms with E-state index in [0.717, 1.165) is 42.0 Å². The zero-order valence-electron chi connectivity index (χ0n) is 15.9. The van der Waals surface area contributed by atoms with Gasteiger partial charge in [-0.25, -0.2) is 4.68 Å². The lowest BCUT2D eigenvalue weighted by molar-refractivity contribution is -0.122. The van der Waals surface area contributed by atoms with E-state index in [1.165, 1.54) is 0 Å². The first-order valence-corrected chi connectivity index (χ1v) is 10.4. The molecular formula is C18H25BrN6O2S. The zero-order valence-corrected chi connectivity index (χ0v) is 18.3. The fourth-order valence-electron chi connectivity index (χ4n) is 3.07. The van der Waals surface area contributed by atoms with Crippen LogP contribution in [0.3, 0.4) is 0 Å². The number of H-pyrrole nitrogens is 1. The van der Waals surface area contributed by atoms with Crippen LogP contribution in [0.25, 0.3) is 11.4 Å². The second kappa shape index (κ2) is 10.3. The second-order valence-electron chi connectivity index (χ2n) is 6.64. The summed E-state index contributed by atoms with van der Waals surface area (Å²) in [6, 6.07) is 7.92. The third-order valence-electron chi connectivity index (χ3n) is 4.61. The van der Waals surface area contributed by atoms with Crippen molar-refractivity contribution in [2.75, 3.05) is 53.0 Å². The highest BCUT2D eigenvalue weighted by molar-refractivity contribution is 9.10. The molecule has 2 N–H and O–H groups in total. The Balaban J connectivity index is 1.51. The predicted octanol–water partition coefficient (Wildman–Crippen LogP) is 1.71. The molecule has 0 aliphatic carbocycles. The van der Waals surface area contributed by atoms with Crippen LogP contribution in [0, 0.1) is 4.77 Å². The molecular weight excluding hydrogens is 444 g/mol. The molecule has 0 spiro atoms. The van der Waals surface area contributed by atoms with Crippen LogP contribution in [0.15, 0.2) is 28.7 Å². The van der Waals surface area contributed by atoms with Crippen molar-refractivity contribution in [2.45, 2.75) is 6.67 Å². The number of nitrogens with zero attached hydrogens (tertiary/aromatic N) is 4. The Bertz CT molecular complexity index is 847. The third-order valence-corrected chi connectivity index (χ3v) is 5.61. The van der Waals surface area contributed by atoms with Gasteiger partial charge in [0.25, 0.3) is 0 Å². The van der Waals surface area contributed by atoms with Crippen molar-refractivity contribution >= 4 is 34.1 Å². The highest BCUT2D eigenvalue weighted by atomic mass is 79.9. The fourth-order valence-corrected chi connectivity index (χ4v) is 3.73. The summed E-state index contributed by atoms with van der Waals surface area (Å²) in [7, 11) is 1.62. The third kappa shape index (κ3) is 5.71. The summed E-state index contributed by atoms with van der Waals surface area (Å²) in [6.45, 7) is 5.59. The van der Waals surface area contributed by atoms with Gasteiger partial charge in [0.15, 0.2) is 5.82 Å². The monoisotopic (exact) mass is 468 g/mol. The summed E-state index contributed by atoms with van der Waals surface area (Å²) in [5, 5.41) is 6.16. The van der Waals surface area contributed by atoms with Crippen molar-refractivity contribution in [1.29, 1.82) is 0 Å². The van der Waals surface area contributed by atoms with Gasteiger partial charge in [0.05, 0.1) is 19.8 Å². The van der Waals surface area contributed by atoms with Gasteiger partial charge in [0, 0.05) is 49.9 Å². The van der Waals surface area contributed by atoms with Crippen LogP contribution in [-0.2, 0) is 16.2 Å². The van der Waals surface area contributed by atoms with E-state index in [4.69, 9.17) is 17.0 Å². The van der Waals surface area contributed by atoms with Gasteiger partial charge in [0.1, 0.15) is 0 Å². The summed E-state index contributed by atoms with van der Waals surface area (Å²) < 4.78 is 8.34. The first-order chi connectivity index (χ1) is 13.6. The van der Waals surface area contributed by atoms with Crippen molar-refractivity contribution in [1.82, 2.24) is 29.9 Å². The molecule has 1 fully saturated rings. The summed E-state index contributed by atoms with van der Waals surface area (Å²) in [6.07, 6.45) is 0. The van der Waals surface area contributed by atoms with E-state index in [2.05, 4.69) is 41.1 Å². The first-order valence-electron chi connectivity index (χ1n) is 9.19. The van der Waals surface area contributed by atoms with Crippen LogP contribution in [0.4, 0.5) is 0 Å². The molecule has 3 rings (SSSR count). The Morgan fingerprint density at radius 3 is 2.71 bits per heavy atom. The number of piperazine rings is 1. The standard InChI is InChI=1S/C18H25BrN6O2S/c1-27-11-6-20-16(26)12-23-7-9-24(10-8-23)13-25-18(28)21-17(22-25)14-4-2-3-5-15(14)19/h2-5H,6-13H2,1H3,(H,20,26)(H,21,22,28). The molecule has 1 aromatic heterocycles. The molecule has 2 heterocycles. The van der Waals surface area contributed by atoms with E-state index >= 15 is 0 Å². The Labute approximate surface area is 178 Å². The summed E-state index contributed by atoms with van der Waals surface area (Å²) >= 11 is 8.97. The molecule has 0 atom stereocenters. The van der Waals surface area contributed by atoms with Gasteiger partial charge in [-0.15, -0.1) is 0 Å². The van der Waals surface area contributed by atoms with Crippen LogP contribution >= 0.6 is 28.1 Å². The van der Waals surface area contributed by atoms with Gasteiger partial charge in [-0.2, -0.15) is 4.98 Å². The van der Waals surface area contributed by atoms with E-state index < -0.39 is 0 Å². The molecule has 1 amide bonds. The molecule has 0 bridgehead atoms. The Morgan fingerprint density at radius 1 is 1.29 bits per heavy atom. The number of methoxy groups -OCH3 is 1. The summed E-state index contributed by atoms with van der Waals surface area (Å²) in [5.41, 5.74) is 0.983. The lowest BCUT2D eigenvalue weighted by Gasteiger charge is -2.34. The maximum absolute atomic E-state index is 11.9. The molecule has 28 heavy (non-hydrogen) atoms. The Morgan fingerprint density at radius 2 is 2.00 bits per heavy atom. The lowest BCUT2D eigenvalue weighted by atomic mass is 10.2. The molecule has 10 heteroatoms. The average molecular weight is 469 g/mol. The Kier molecular flexibility index (Phi) is 7.74. The SMILES string of the molecule is COCCNC(=O)CN1CCN(Cn2[nH]c(-c3ccccc3Br)nc2=S)CC1. The maximum Gasteiger partial charge on any atom is 0.234 e. The molecule has 8 nitrogen and oxygen atoms in total. The largest absolute Gasteiger partial charge is 0.383 e. The van der Waals surface area contributed by atoms with Crippen molar-refractivity contribution in [3.05, 3.63) is 33.5 Å². The maximum atomic E-state index is 11.9. The highest BCUT2D eigenvalue weighted by Crippen LogP contribution is 2.24. The molecule has 2 aromatic rings.